The zero-order chi connectivity index (χ0) is 19.9. The fraction of sp³-hybridized carbons (Fsp3) is 0.727. The van der Waals surface area contributed by atoms with E-state index in [-0.39, 0.29) is 0 Å². The summed E-state index contributed by atoms with van der Waals surface area (Å²) < 4.78 is 26.4. The van der Waals surface area contributed by atoms with E-state index in [0.29, 0.717) is 18.4 Å². The lowest BCUT2D eigenvalue weighted by atomic mass is 9.82. The molecule has 1 aliphatic carbocycles. The summed E-state index contributed by atoms with van der Waals surface area (Å²) >= 11 is 0. The predicted molar refractivity (Wildman–Crippen MR) is 116 cm³/mol. The molecule has 0 amide bonds. The van der Waals surface area contributed by atoms with Crippen LogP contribution >= 0.6 is 0 Å². The number of nitrogens with one attached hydrogen (secondary N) is 2. The molecule has 0 saturated heterocycles. The quantitative estimate of drug-likeness (QED) is 0.622. The summed E-state index contributed by atoms with van der Waals surface area (Å²) in [6.45, 7) is 9.05. The molecule has 2 rings (SSSR count). The Morgan fingerprint density at radius 3 is 2.04 bits per heavy atom. The van der Waals surface area contributed by atoms with Crippen molar-refractivity contribution < 1.29 is 8.42 Å². The first-order valence-electron chi connectivity index (χ1n) is 10.5. The largest absolute Gasteiger partial charge is 0.385 e. The standard InChI is InChI=1S/C22H38N2O2S/c1-5-6-7-18-12-14-21(15-13-18)23-16-19-8-10-20(11-9-19)17-24-27(25,26)22(2,3)4/h12-15,19-20,23-24H,5-11,16-17H2,1-4H3. The lowest BCUT2D eigenvalue weighted by Gasteiger charge is -2.30. The SMILES string of the molecule is CCCCc1ccc(NCC2CCC(CNS(=O)(=O)C(C)(C)C)CC2)cc1. The molecule has 4 nitrogen and oxygen atoms in total. The monoisotopic (exact) mass is 394 g/mol. The Hall–Kier alpha value is -1.07. The van der Waals surface area contributed by atoms with E-state index in [1.54, 1.807) is 20.8 Å². The maximum absolute atomic E-state index is 12.2. The second-order valence-electron chi connectivity index (χ2n) is 9.03. The van der Waals surface area contributed by atoms with Gasteiger partial charge in [0.2, 0.25) is 10.0 Å². The molecule has 0 aliphatic heterocycles. The summed E-state index contributed by atoms with van der Waals surface area (Å²) in [6.07, 6.45) is 8.21. The van der Waals surface area contributed by atoms with Crippen LogP contribution in [0.3, 0.4) is 0 Å². The van der Waals surface area contributed by atoms with Crippen molar-refractivity contribution in [3.05, 3.63) is 29.8 Å². The van der Waals surface area contributed by atoms with Gasteiger partial charge >= 0.3 is 0 Å². The van der Waals surface area contributed by atoms with Gasteiger partial charge in [0, 0.05) is 18.8 Å². The summed E-state index contributed by atoms with van der Waals surface area (Å²) in [5.74, 6) is 1.15. The molecular formula is C22H38N2O2S. The molecule has 1 aliphatic rings. The normalized spacial score (nSPS) is 21.2. The number of rotatable bonds is 9. The third-order valence-corrected chi connectivity index (χ3v) is 7.86. The number of unbranched alkanes of at least 4 members (excludes halogenated alkanes) is 1. The van der Waals surface area contributed by atoms with Gasteiger partial charge in [-0.05, 0) is 88.8 Å². The molecule has 5 heteroatoms. The van der Waals surface area contributed by atoms with Gasteiger partial charge in [0.25, 0.3) is 0 Å². The molecule has 0 radical (unpaired) electrons. The molecule has 2 N–H and O–H groups in total. The Bertz CT molecular complexity index is 655. The first kappa shape index (κ1) is 22.2. The third kappa shape index (κ3) is 7.11. The van der Waals surface area contributed by atoms with Gasteiger partial charge in [-0.15, -0.1) is 0 Å². The average Bonchev–Trinajstić information content (AvgIpc) is 2.64. The summed E-state index contributed by atoms with van der Waals surface area (Å²) in [5, 5.41) is 3.58. The summed E-state index contributed by atoms with van der Waals surface area (Å²) in [6, 6.07) is 8.85. The van der Waals surface area contributed by atoms with Crippen LogP contribution in [0, 0.1) is 11.8 Å². The molecule has 1 aromatic carbocycles. The molecule has 154 valence electrons. The highest BCUT2D eigenvalue weighted by Crippen LogP contribution is 2.29. The van der Waals surface area contributed by atoms with E-state index in [1.807, 2.05) is 0 Å². The molecule has 0 spiro atoms. The number of hydrogen-bond acceptors (Lipinski definition) is 3. The van der Waals surface area contributed by atoms with E-state index in [4.69, 9.17) is 0 Å². The molecule has 1 saturated carbocycles. The minimum absolute atomic E-state index is 0.469. The highest BCUT2D eigenvalue weighted by Gasteiger charge is 2.30. The van der Waals surface area contributed by atoms with Crippen LogP contribution in [0.15, 0.2) is 24.3 Å². The Balaban J connectivity index is 1.69. The summed E-state index contributed by atoms with van der Waals surface area (Å²) in [5.41, 5.74) is 2.62. The van der Waals surface area contributed by atoms with Crippen LogP contribution in [0.5, 0.6) is 0 Å². The Morgan fingerprint density at radius 1 is 0.963 bits per heavy atom. The van der Waals surface area contributed by atoms with Gasteiger partial charge in [0.05, 0.1) is 4.75 Å². The molecule has 0 heterocycles. The minimum Gasteiger partial charge on any atom is -0.385 e. The maximum atomic E-state index is 12.2. The number of sulfonamides is 1. The number of benzene rings is 1. The van der Waals surface area contributed by atoms with Gasteiger partial charge in [-0.2, -0.15) is 0 Å². The lowest BCUT2D eigenvalue weighted by molar-refractivity contribution is 0.284. The van der Waals surface area contributed by atoms with E-state index >= 15 is 0 Å². The smallest absolute Gasteiger partial charge is 0.216 e. The molecule has 0 atom stereocenters. The first-order valence-corrected chi connectivity index (χ1v) is 12.0. The highest BCUT2D eigenvalue weighted by atomic mass is 32.2. The molecule has 1 fully saturated rings. The van der Waals surface area contributed by atoms with Crippen LogP contribution in [-0.2, 0) is 16.4 Å². The lowest BCUT2D eigenvalue weighted by Crippen LogP contribution is -2.42. The topological polar surface area (TPSA) is 58.2 Å². The van der Waals surface area contributed by atoms with Crippen molar-refractivity contribution in [3.8, 4) is 0 Å². The Kier molecular flexibility index (Phi) is 8.17. The fourth-order valence-corrected chi connectivity index (χ4v) is 4.40. The average molecular weight is 395 g/mol. The second kappa shape index (κ2) is 9.92. The van der Waals surface area contributed by atoms with Crippen molar-refractivity contribution in [2.45, 2.75) is 77.4 Å². The third-order valence-electron chi connectivity index (χ3n) is 5.70. The molecule has 1 aromatic rings. The second-order valence-corrected chi connectivity index (χ2v) is 11.6. The maximum Gasteiger partial charge on any atom is 0.216 e. The Morgan fingerprint density at radius 2 is 1.52 bits per heavy atom. The van der Waals surface area contributed by atoms with Crippen molar-refractivity contribution in [3.63, 3.8) is 0 Å². The van der Waals surface area contributed by atoms with Gasteiger partial charge in [-0.1, -0.05) is 25.5 Å². The van der Waals surface area contributed by atoms with Crippen molar-refractivity contribution in [2.24, 2.45) is 11.8 Å². The van der Waals surface area contributed by atoms with Gasteiger partial charge in [-0.3, -0.25) is 0 Å². The predicted octanol–water partition coefficient (Wildman–Crippen LogP) is 4.97. The van der Waals surface area contributed by atoms with Crippen molar-refractivity contribution >= 4 is 15.7 Å². The highest BCUT2D eigenvalue weighted by molar-refractivity contribution is 7.90. The number of hydrogen-bond donors (Lipinski definition) is 2. The van der Waals surface area contributed by atoms with Crippen molar-refractivity contribution in [1.82, 2.24) is 4.72 Å². The first-order chi connectivity index (χ1) is 12.7. The van der Waals surface area contributed by atoms with E-state index in [0.717, 1.165) is 19.4 Å². The summed E-state index contributed by atoms with van der Waals surface area (Å²) in [4.78, 5) is 0. The fourth-order valence-electron chi connectivity index (χ4n) is 3.52. The van der Waals surface area contributed by atoms with E-state index in [1.165, 1.54) is 43.4 Å². The van der Waals surface area contributed by atoms with Crippen LogP contribution in [0.2, 0.25) is 0 Å². The van der Waals surface area contributed by atoms with Gasteiger partial charge in [-0.25, -0.2) is 13.1 Å². The zero-order valence-corrected chi connectivity index (χ0v) is 18.4. The molecule has 0 aromatic heterocycles. The van der Waals surface area contributed by atoms with Crippen LogP contribution in [0.1, 0.15) is 71.8 Å². The van der Waals surface area contributed by atoms with Crippen molar-refractivity contribution in [1.29, 1.82) is 0 Å². The zero-order valence-electron chi connectivity index (χ0n) is 17.6. The molecular weight excluding hydrogens is 356 g/mol. The summed E-state index contributed by atoms with van der Waals surface area (Å²) in [7, 11) is -3.23. The van der Waals surface area contributed by atoms with E-state index in [9.17, 15) is 8.42 Å². The van der Waals surface area contributed by atoms with Gasteiger partial charge < -0.3 is 5.32 Å². The van der Waals surface area contributed by atoms with Crippen LogP contribution in [-0.4, -0.2) is 26.3 Å². The van der Waals surface area contributed by atoms with Crippen molar-refractivity contribution in [2.75, 3.05) is 18.4 Å². The van der Waals surface area contributed by atoms with Crippen LogP contribution in [0.25, 0.3) is 0 Å². The van der Waals surface area contributed by atoms with Gasteiger partial charge in [0.15, 0.2) is 0 Å². The Labute approximate surface area is 166 Å². The molecule has 0 bridgehead atoms. The van der Waals surface area contributed by atoms with Crippen LogP contribution < -0.4 is 10.0 Å². The van der Waals surface area contributed by atoms with E-state index < -0.39 is 14.8 Å². The number of anilines is 1. The van der Waals surface area contributed by atoms with Crippen LogP contribution in [0.4, 0.5) is 5.69 Å². The van der Waals surface area contributed by atoms with Gasteiger partial charge in [0.1, 0.15) is 0 Å². The van der Waals surface area contributed by atoms with E-state index in [2.05, 4.69) is 41.2 Å². The number of aryl methyl sites for hydroxylation is 1. The molecule has 0 unspecified atom stereocenters. The molecule has 27 heavy (non-hydrogen) atoms. The minimum atomic E-state index is -3.23.